The Morgan fingerprint density at radius 2 is 1.92 bits per heavy atom. The number of carbonyl (C=O) groups excluding carboxylic acids is 2. The van der Waals surface area contributed by atoms with Crippen LogP contribution in [0.4, 0.5) is 5.69 Å². The summed E-state index contributed by atoms with van der Waals surface area (Å²) in [4.78, 5) is 37.2. The standard InChI is InChI=1S/C18H14N2O4S2/c1-11-13(4-2-5-14(11)20(23)24)18(22)19-10-12-7-8-16(26-12)17(21)15-6-3-9-25-15/h2-9H,10H2,1H3,(H,19,22). The first-order chi connectivity index (χ1) is 12.5. The SMILES string of the molecule is Cc1c(C(=O)NCc2ccc(C(=O)c3cccs3)s2)cccc1[N+](=O)[O-]. The minimum atomic E-state index is -0.506. The van der Waals surface area contributed by atoms with Crippen LogP contribution in [0.15, 0.2) is 47.8 Å². The summed E-state index contributed by atoms with van der Waals surface area (Å²) < 4.78 is 0. The third-order valence-corrected chi connectivity index (χ3v) is 5.75. The van der Waals surface area contributed by atoms with Crippen molar-refractivity contribution in [3.05, 3.63) is 83.7 Å². The topological polar surface area (TPSA) is 89.3 Å². The molecular weight excluding hydrogens is 372 g/mol. The molecule has 0 aliphatic rings. The molecular formula is C18H14N2O4S2. The molecule has 3 rings (SSSR count). The number of nitro benzene ring substituents is 1. The second kappa shape index (κ2) is 7.59. The van der Waals surface area contributed by atoms with Crippen molar-refractivity contribution in [3.63, 3.8) is 0 Å². The van der Waals surface area contributed by atoms with Crippen LogP contribution in [0.1, 0.15) is 35.3 Å². The molecule has 132 valence electrons. The molecule has 0 aliphatic carbocycles. The van der Waals surface area contributed by atoms with Crippen molar-refractivity contribution in [1.29, 1.82) is 0 Å². The zero-order chi connectivity index (χ0) is 18.7. The van der Waals surface area contributed by atoms with Crippen molar-refractivity contribution in [2.75, 3.05) is 0 Å². The van der Waals surface area contributed by atoms with Crippen molar-refractivity contribution in [2.45, 2.75) is 13.5 Å². The van der Waals surface area contributed by atoms with E-state index in [1.807, 2.05) is 11.4 Å². The molecule has 6 nitrogen and oxygen atoms in total. The van der Waals surface area contributed by atoms with E-state index in [1.54, 1.807) is 31.2 Å². The summed E-state index contributed by atoms with van der Waals surface area (Å²) in [7, 11) is 0. The summed E-state index contributed by atoms with van der Waals surface area (Å²) in [6.45, 7) is 1.80. The summed E-state index contributed by atoms with van der Waals surface area (Å²) in [6, 6.07) is 11.6. The molecule has 8 heteroatoms. The predicted molar refractivity (Wildman–Crippen MR) is 101 cm³/mol. The van der Waals surface area contributed by atoms with Crippen LogP contribution in [-0.4, -0.2) is 16.6 Å². The maximum absolute atomic E-state index is 12.3. The maximum atomic E-state index is 12.3. The number of amides is 1. The molecule has 0 unspecified atom stereocenters. The normalized spacial score (nSPS) is 10.5. The van der Waals surface area contributed by atoms with Gasteiger partial charge in [0.2, 0.25) is 5.78 Å². The lowest BCUT2D eigenvalue weighted by Gasteiger charge is -2.07. The molecule has 0 bridgehead atoms. The summed E-state index contributed by atoms with van der Waals surface area (Å²) in [6.07, 6.45) is 0. The number of hydrogen-bond acceptors (Lipinski definition) is 6. The quantitative estimate of drug-likeness (QED) is 0.391. The van der Waals surface area contributed by atoms with Crippen LogP contribution < -0.4 is 5.32 Å². The van der Waals surface area contributed by atoms with Crippen molar-refractivity contribution in [1.82, 2.24) is 5.32 Å². The van der Waals surface area contributed by atoms with E-state index in [4.69, 9.17) is 0 Å². The van der Waals surface area contributed by atoms with E-state index in [0.29, 0.717) is 15.3 Å². The van der Waals surface area contributed by atoms with Crippen LogP contribution in [0.25, 0.3) is 0 Å². The molecule has 0 aliphatic heterocycles. The summed E-state index contributed by atoms with van der Waals surface area (Å²) in [5.74, 6) is -0.414. The summed E-state index contributed by atoms with van der Waals surface area (Å²) >= 11 is 2.71. The van der Waals surface area contributed by atoms with Crippen LogP contribution in [0, 0.1) is 17.0 Å². The van der Waals surface area contributed by atoms with Gasteiger partial charge in [-0.1, -0.05) is 12.1 Å². The van der Waals surface area contributed by atoms with Crippen molar-refractivity contribution >= 4 is 40.1 Å². The van der Waals surface area contributed by atoms with Gasteiger partial charge in [0.1, 0.15) is 0 Å². The fourth-order valence-electron chi connectivity index (χ4n) is 2.45. The average Bonchev–Trinajstić information content (AvgIpc) is 3.31. The number of nitrogens with one attached hydrogen (secondary N) is 1. The second-order valence-electron chi connectivity index (χ2n) is 5.46. The van der Waals surface area contributed by atoms with Gasteiger partial charge in [0.25, 0.3) is 11.6 Å². The van der Waals surface area contributed by atoms with Gasteiger partial charge in [0.05, 0.1) is 21.2 Å². The third-order valence-electron chi connectivity index (χ3n) is 3.80. The number of ketones is 1. The van der Waals surface area contributed by atoms with Crippen LogP contribution >= 0.6 is 22.7 Å². The number of nitro groups is 1. The number of carbonyl (C=O) groups is 2. The minimum Gasteiger partial charge on any atom is -0.347 e. The van der Waals surface area contributed by atoms with Crippen LogP contribution in [-0.2, 0) is 6.54 Å². The third kappa shape index (κ3) is 3.71. The van der Waals surface area contributed by atoms with Crippen LogP contribution in [0.3, 0.4) is 0 Å². The lowest BCUT2D eigenvalue weighted by molar-refractivity contribution is -0.385. The Morgan fingerprint density at radius 3 is 2.62 bits per heavy atom. The van der Waals surface area contributed by atoms with E-state index in [2.05, 4.69) is 5.32 Å². The molecule has 2 aromatic heterocycles. The number of thiophene rings is 2. The zero-order valence-corrected chi connectivity index (χ0v) is 15.4. The van der Waals surface area contributed by atoms with Gasteiger partial charge < -0.3 is 5.32 Å². The number of benzene rings is 1. The fourth-order valence-corrected chi connectivity index (χ4v) is 4.10. The monoisotopic (exact) mass is 386 g/mol. The number of hydrogen-bond donors (Lipinski definition) is 1. The largest absolute Gasteiger partial charge is 0.347 e. The Hall–Kier alpha value is -2.84. The highest BCUT2D eigenvalue weighted by Gasteiger charge is 2.18. The van der Waals surface area contributed by atoms with Gasteiger partial charge in [-0.15, -0.1) is 22.7 Å². The van der Waals surface area contributed by atoms with Gasteiger partial charge in [-0.2, -0.15) is 0 Å². The van der Waals surface area contributed by atoms with E-state index in [1.165, 1.54) is 34.8 Å². The molecule has 0 saturated carbocycles. The summed E-state index contributed by atoms with van der Waals surface area (Å²) in [5, 5.41) is 15.6. The first-order valence-corrected chi connectivity index (χ1v) is 9.36. The molecule has 0 fully saturated rings. The molecule has 1 aromatic carbocycles. The number of nitrogens with zero attached hydrogens (tertiary/aromatic N) is 1. The average molecular weight is 386 g/mol. The first-order valence-electron chi connectivity index (χ1n) is 7.66. The van der Waals surface area contributed by atoms with Crippen molar-refractivity contribution in [2.24, 2.45) is 0 Å². The van der Waals surface area contributed by atoms with Gasteiger partial charge >= 0.3 is 0 Å². The maximum Gasteiger partial charge on any atom is 0.273 e. The second-order valence-corrected chi connectivity index (χ2v) is 7.58. The Balaban J connectivity index is 1.68. The van der Waals surface area contributed by atoms with Crippen molar-refractivity contribution in [3.8, 4) is 0 Å². The molecule has 0 saturated heterocycles. The minimum absolute atomic E-state index is 0.0305. The molecule has 1 N–H and O–H groups in total. The Morgan fingerprint density at radius 1 is 1.12 bits per heavy atom. The molecule has 1 amide bonds. The lowest BCUT2D eigenvalue weighted by atomic mass is 10.1. The van der Waals surface area contributed by atoms with Crippen LogP contribution in [0.2, 0.25) is 0 Å². The highest BCUT2D eigenvalue weighted by Crippen LogP contribution is 2.23. The summed E-state index contributed by atoms with van der Waals surface area (Å²) in [5.41, 5.74) is 0.512. The van der Waals surface area contributed by atoms with Gasteiger partial charge in [-0.3, -0.25) is 19.7 Å². The first kappa shape index (κ1) is 18.0. The van der Waals surface area contributed by atoms with E-state index in [-0.39, 0.29) is 29.5 Å². The van der Waals surface area contributed by atoms with E-state index in [0.717, 1.165) is 4.88 Å². The predicted octanol–water partition coefficient (Wildman–Crippen LogP) is 4.19. The van der Waals surface area contributed by atoms with Gasteiger partial charge in [0, 0.05) is 22.1 Å². The Kier molecular flexibility index (Phi) is 5.24. The highest BCUT2D eigenvalue weighted by molar-refractivity contribution is 7.16. The zero-order valence-electron chi connectivity index (χ0n) is 13.7. The van der Waals surface area contributed by atoms with Crippen LogP contribution in [0.5, 0.6) is 0 Å². The molecule has 0 spiro atoms. The number of rotatable bonds is 6. The van der Waals surface area contributed by atoms with E-state index in [9.17, 15) is 19.7 Å². The lowest BCUT2D eigenvalue weighted by Crippen LogP contribution is -2.23. The smallest absolute Gasteiger partial charge is 0.273 e. The Labute approximate surface area is 157 Å². The Bertz CT molecular complexity index is 977. The molecule has 0 radical (unpaired) electrons. The van der Waals surface area contributed by atoms with Crippen molar-refractivity contribution < 1.29 is 14.5 Å². The molecule has 0 atom stereocenters. The fraction of sp³-hybridized carbons (Fsp3) is 0.111. The molecule has 3 aromatic rings. The molecule has 2 heterocycles. The van der Waals surface area contributed by atoms with E-state index >= 15 is 0 Å². The van der Waals surface area contributed by atoms with E-state index < -0.39 is 4.92 Å². The van der Waals surface area contributed by atoms with Gasteiger partial charge in [-0.05, 0) is 36.6 Å². The van der Waals surface area contributed by atoms with Gasteiger partial charge in [-0.25, -0.2) is 0 Å². The van der Waals surface area contributed by atoms with Gasteiger partial charge in [0.15, 0.2) is 0 Å². The highest BCUT2D eigenvalue weighted by atomic mass is 32.1. The molecule has 26 heavy (non-hydrogen) atoms.